The molecule has 0 heterocycles. The van der Waals surface area contributed by atoms with E-state index in [4.69, 9.17) is 11.6 Å². The monoisotopic (exact) mass is 432 g/mol. The largest absolute Gasteiger partial charge is 0.352 e. The van der Waals surface area contributed by atoms with Crippen molar-refractivity contribution < 1.29 is 13.2 Å². The molecule has 0 unspecified atom stereocenters. The van der Waals surface area contributed by atoms with Crippen LogP contribution >= 0.6 is 11.6 Å². The van der Waals surface area contributed by atoms with Crippen LogP contribution in [0.25, 0.3) is 6.08 Å². The van der Waals surface area contributed by atoms with E-state index in [-0.39, 0.29) is 22.3 Å². The predicted molar refractivity (Wildman–Crippen MR) is 116 cm³/mol. The van der Waals surface area contributed by atoms with Gasteiger partial charge in [0.25, 0.3) is 0 Å². The van der Waals surface area contributed by atoms with Crippen molar-refractivity contribution in [3.8, 4) is 0 Å². The summed E-state index contributed by atoms with van der Waals surface area (Å²) >= 11 is 6.06. The number of hydrogen-bond acceptors (Lipinski definition) is 3. The first-order chi connectivity index (χ1) is 13.7. The molecule has 0 aromatic heterocycles. The minimum Gasteiger partial charge on any atom is -0.352 e. The van der Waals surface area contributed by atoms with E-state index in [2.05, 4.69) is 10.0 Å². The third-order valence-electron chi connectivity index (χ3n) is 4.83. The SMILES string of the molecule is CC(C)(CNC(=O)/C=C/c1ccc(S(=O)(=O)NC2CC2)cc1)c1cccc(Cl)c1. The highest BCUT2D eigenvalue weighted by atomic mass is 35.5. The summed E-state index contributed by atoms with van der Waals surface area (Å²) in [7, 11) is -3.46. The van der Waals surface area contributed by atoms with Crippen LogP contribution in [0.1, 0.15) is 37.8 Å². The zero-order valence-electron chi connectivity index (χ0n) is 16.5. The van der Waals surface area contributed by atoms with Crippen LogP contribution in [0.5, 0.6) is 0 Å². The van der Waals surface area contributed by atoms with Crippen LogP contribution in [-0.4, -0.2) is 26.9 Å². The molecule has 154 valence electrons. The zero-order valence-corrected chi connectivity index (χ0v) is 18.1. The molecule has 1 fully saturated rings. The topological polar surface area (TPSA) is 75.3 Å². The van der Waals surface area contributed by atoms with Crippen LogP contribution < -0.4 is 10.0 Å². The molecular formula is C22H25ClN2O3S. The predicted octanol–water partition coefficient (Wildman–Crippen LogP) is 3.89. The van der Waals surface area contributed by atoms with Crippen molar-refractivity contribution in [2.45, 2.75) is 43.0 Å². The smallest absolute Gasteiger partial charge is 0.244 e. The number of halogens is 1. The highest BCUT2D eigenvalue weighted by Crippen LogP contribution is 2.25. The molecule has 1 amide bonds. The van der Waals surface area contributed by atoms with Crippen molar-refractivity contribution in [3.05, 3.63) is 70.8 Å². The van der Waals surface area contributed by atoms with Gasteiger partial charge in [0, 0.05) is 29.1 Å². The van der Waals surface area contributed by atoms with Gasteiger partial charge in [0.2, 0.25) is 15.9 Å². The van der Waals surface area contributed by atoms with Gasteiger partial charge in [-0.2, -0.15) is 0 Å². The maximum absolute atomic E-state index is 12.2. The minimum absolute atomic E-state index is 0.0689. The molecule has 2 N–H and O–H groups in total. The Balaban J connectivity index is 1.56. The van der Waals surface area contributed by atoms with Crippen molar-refractivity contribution >= 4 is 33.6 Å². The molecule has 0 spiro atoms. The quantitative estimate of drug-likeness (QED) is 0.621. The van der Waals surface area contributed by atoms with Crippen molar-refractivity contribution in [1.82, 2.24) is 10.0 Å². The van der Waals surface area contributed by atoms with Crippen molar-refractivity contribution in [1.29, 1.82) is 0 Å². The summed E-state index contributed by atoms with van der Waals surface area (Å²) in [6, 6.07) is 14.1. The Morgan fingerprint density at radius 1 is 1.17 bits per heavy atom. The van der Waals surface area contributed by atoms with E-state index >= 15 is 0 Å². The summed E-state index contributed by atoms with van der Waals surface area (Å²) in [5.41, 5.74) is 1.53. The molecule has 2 aromatic carbocycles. The van der Waals surface area contributed by atoms with Gasteiger partial charge in [-0.05, 0) is 54.3 Å². The fourth-order valence-corrected chi connectivity index (χ4v) is 4.29. The van der Waals surface area contributed by atoms with E-state index in [1.807, 2.05) is 38.1 Å². The van der Waals surface area contributed by atoms with E-state index in [1.54, 1.807) is 30.3 Å². The Morgan fingerprint density at radius 3 is 2.48 bits per heavy atom. The highest BCUT2D eigenvalue weighted by molar-refractivity contribution is 7.89. The molecule has 29 heavy (non-hydrogen) atoms. The lowest BCUT2D eigenvalue weighted by Crippen LogP contribution is -2.35. The van der Waals surface area contributed by atoms with Gasteiger partial charge in [-0.3, -0.25) is 4.79 Å². The van der Waals surface area contributed by atoms with Gasteiger partial charge in [-0.25, -0.2) is 13.1 Å². The zero-order chi connectivity index (χ0) is 21.1. The first kappa shape index (κ1) is 21.6. The first-order valence-corrected chi connectivity index (χ1v) is 11.4. The summed E-state index contributed by atoms with van der Waals surface area (Å²) in [6.07, 6.45) is 4.89. The molecule has 0 aliphatic heterocycles. The summed E-state index contributed by atoms with van der Waals surface area (Å²) in [5, 5.41) is 3.57. The normalized spacial score (nSPS) is 14.9. The molecule has 1 aliphatic carbocycles. The molecular weight excluding hydrogens is 408 g/mol. The van der Waals surface area contributed by atoms with E-state index in [9.17, 15) is 13.2 Å². The van der Waals surface area contributed by atoms with E-state index in [0.717, 1.165) is 24.0 Å². The van der Waals surface area contributed by atoms with Gasteiger partial charge in [0.15, 0.2) is 0 Å². The van der Waals surface area contributed by atoms with Gasteiger partial charge < -0.3 is 5.32 Å². The lowest BCUT2D eigenvalue weighted by molar-refractivity contribution is -0.116. The molecule has 0 atom stereocenters. The van der Waals surface area contributed by atoms with Crippen LogP contribution in [0.2, 0.25) is 5.02 Å². The lowest BCUT2D eigenvalue weighted by atomic mass is 9.84. The molecule has 2 aromatic rings. The molecule has 3 rings (SSSR count). The Morgan fingerprint density at radius 2 is 1.86 bits per heavy atom. The molecule has 0 bridgehead atoms. The maximum atomic E-state index is 12.2. The number of carbonyl (C=O) groups is 1. The molecule has 1 aliphatic rings. The van der Waals surface area contributed by atoms with Crippen molar-refractivity contribution in [2.75, 3.05) is 6.54 Å². The number of rotatable bonds is 8. The Hall–Kier alpha value is -2.15. The van der Waals surface area contributed by atoms with Crippen LogP contribution in [0.4, 0.5) is 0 Å². The number of benzene rings is 2. The van der Waals surface area contributed by atoms with Crippen LogP contribution in [0, 0.1) is 0 Å². The summed E-state index contributed by atoms with van der Waals surface area (Å²) in [6.45, 7) is 4.54. The number of sulfonamides is 1. The van der Waals surface area contributed by atoms with Crippen molar-refractivity contribution in [3.63, 3.8) is 0 Å². The fraction of sp³-hybridized carbons (Fsp3) is 0.318. The number of nitrogens with one attached hydrogen (secondary N) is 2. The van der Waals surface area contributed by atoms with Crippen LogP contribution in [-0.2, 0) is 20.2 Å². The average molecular weight is 433 g/mol. The second-order valence-electron chi connectivity index (χ2n) is 7.91. The second kappa shape index (κ2) is 8.69. The average Bonchev–Trinajstić information content (AvgIpc) is 3.48. The Bertz CT molecular complexity index is 1010. The third kappa shape index (κ3) is 6.16. The molecule has 1 saturated carbocycles. The summed E-state index contributed by atoms with van der Waals surface area (Å²) in [5.74, 6) is -0.216. The highest BCUT2D eigenvalue weighted by Gasteiger charge is 2.27. The number of hydrogen-bond donors (Lipinski definition) is 2. The first-order valence-electron chi connectivity index (χ1n) is 9.50. The molecule has 7 heteroatoms. The Kier molecular flexibility index (Phi) is 6.46. The lowest BCUT2D eigenvalue weighted by Gasteiger charge is -2.25. The minimum atomic E-state index is -3.46. The van der Waals surface area contributed by atoms with E-state index in [1.165, 1.54) is 6.08 Å². The van der Waals surface area contributed by atoms with Crippen LogP contribution in [0.15, 0.2) is 59.5 Å². The molecule has 5 nitrogen and oxygen atoms in total. The van der Waals surface area contributed by atoms with Gasteiger partial charge in [-0.1, -0.05) is 49.7 Å². The third-order valence-corrected chi connectivity index (χ3v) is 6.60. The van der Waals surface area contributed by atoms with Gasteiger partial charge >= 0.3 is 0 Å². The second-order valence-corrected chi connectivity index (χ2v) is 10.1. The number of carbonyl (C=O) groups excluding carboxylic acids is 1. The summed E-state index contributed by atoms with van der Waals surface area (Å²) < 4.78 is 27.0. The van der Waals surface area contributed by atoms with Gasteiger partial charge in [0.1, 0.15) is 0 Å². The van der Waals surface area contributed by atoms with Gasteiger partial charge in [-0.15, -0.1) is 0 Å². The fourth-order valence-electron chi connectivity index (χ4n) is 2.80. The standard InChI is InChI=1S/C22H25ClN2O3S/c1-22(2,17-4-3-5-18(23)14-17)15-24-21(26)13-8-16-6-11-20(12-7-16)29(27,28)25-19-9-10-19/h3-8,11-14,19,25H,9-10,15H2,1-2H3,(H,24,26)/b13-8+. The van der Waals surface area contributed by atoms with E-state index < -0.39 is 10.0 Å². The maximum Gasteiger partial charge on any atom is 0.244 e. The molecule has 0 saturated heterocycles. The summed E-state index contributed by atoms with van der Waals surface area (Å²) in [4.78, 5) is 12.4. The van der Waals surface area contributed by atoms with Crippen LogP contribution in [0.3, 0.4) is 0 Å². The number of amides is 1. The van der Waals surface area contributed by atoms with E-state index in [0.29, 0.717) is 11.6 Å². The van der Waals surface area contributed by atoms with Gasteiger partial charge in [0.05, 0.1) is 4.90 Å². The Labute approximate surface area is 177 Å². The van der Waals surface area contributed by atoms with Crippen molar-refractivity contribution in [2.24, 2.45) is 0 Å². The molecule has 0 radical (unpaired) electrons.